The summed E-state index contributed by atoms with van der Waals surface area (Å²) in [5, 5.41) is 3.32. The molecule has 0 fully saturated rings. The van der Waals surface area contributed by atoms with Crippen molar-refractivity contribution in [1.29, 1.82) is 0 Å². The highest BCUT2D eigenvalue weighted by molar-refractivity contribution is 5.03. The van der Waals surface area contributed by atoms with E-state index in [-0.39, 0.29) is 0 Å². The highest BCUT2D eigenvalue weighted by Gasteiger charge is 1.98. The third-order valence-electron chi connectivity index (χ3n) is 2.59. The Labute approximate surface area is 101 Å². The van der Waals surface area contributed by atoms with Gasteiger partial charge in [-0.25, -0.2) is 0 Å². The van der Waals surface area contributed by atoms with Gasteiger partial charge in [0.05, 0.1) is 0 Å². The van der Waals surface area contributed by atoms with Gasteiger partial charge in [0.1, 0.15) is 0 Å². The molecular formula is C15H27N. The topological polar surface area (TPSA) is 12.0 Å². The van der Waals surface area contributed by atoms with Crippen molar-refractivity contribution in [2.75, 3.05) is 7.05 Å². The maximum Gasteiger partial charge on any atom is 0.0133 e. The van der Waals surface area contributed by atoms with E-state index in [9.17, 15) is 0 Å². The quantitative estimate of drug-likeness (QED) is 0.349. The zero-order valence-corrected chi connectivity index (χ0v) is 11.1. The predicted octanol–water partition coefficient (Wildman–Crippen LogP) is 4.23. The lowest BCUT2D eigenvalue weighted by atomic mass is 10.1. The molecule has 0 spiro atoms. The lowest BCUT2D eigenvalue weighted by Gasteiger charge is -2.10. The van der Waals surface area contributed by atoms with E-state index < -0.39 is 0 Å². The minimum absolute atomic E-state index is 0.566. The van der Waals surface area contributed by atoms with Crippen molar-refractivity contribution in [3.63, 3.8) is 0 Å². The van der Waals surface area contributed by atoms with Crippen molar-refractivity contribution in [2.45, 2.75) is 52.0 Å². The van der Waals surface area contributed by atoms with E-state index in [1.807, 2.05) is 7.05 Å². The van der Waals surface area contributed by atoms with Gasteiger partial charge in [0.25, 0.3) is 0 Å². The van der Waals surface area contributed by atoms with Gasteiger partial charge < -0.3 is 5.32 Å². The highest BCUT2D eigenvalue weighted by atomic mass is 14.9. The number of unbranched alkanes of at least 4 members (excludes halogenated alkanes) is 2. The molecule has 1 atom stereocenters. The first-order chi connectivity index (χ1) is 7.85. The summed E-state index contributed by atoms with van der Waals surface area (Å²) < 4.78 is 0. The van der Waals surface area contributed by atoms with Crippen LogP contribution in [-0.2, 0) is 0 Å². The summed E-state index contributed by atoms with van der Waals surface area (Å²) in [6.07, 6.45) is 19.1. The van der Waals surface area contributed by atoms with Crippen LogP contribution in [-0.4, -0.2) is 13.1 Å². The number of allylic oxidation sites excluding steroid dienone is 4. The summed E-state index contributed by atoms with van der Waals surface area (Å²) in [6.45, 7) is 4.29. The maximum atomic E-state index is 3.32. The fourth-order valence-electron chi connectivity index (χ4n) is 1.45. The Hall–Kier alpha value is -0.820. The van der Waals surface area contributed by atoms with E-state index in [1.165, 1.54) is 19.3 Å². The Morgan fingerprint density at radius 2 is 1.75 bits per heavy atom. The van der Waals surface area contributed by atoms with Gasteiger partial charge in [-0.3, -0.25) is 0 Å². The second-order valence-corrected chi connectivity index (χ2v) is 4.02. The molecule has 0 aromatic carbocycles. The lowest BCUT2D eigenvalue weighted by Crippen LogP contribution is -2.23. The zero-order chi connectivity index (χ0) is 12.1. The van der Waals surface area contributed by atoms with Gasteiger partial charge in [-0.05, 0) is 33.2 Å². The first kappa shape index (κ1) is 15.2. The van der Waals surface area contributed by atoms with Gasteiger partial charge in [-0.2, -0.15) is 0 Å². The van der Waals surface area contributed by atoms with E-state index in [2.05, 4.69) is 55.6 Å². The van der Waals surface area contributed by atoms with Crippen LogP contribution in [0.2, 0.25) is 0 Å². The number of rotatable bonds is 9. The molecule has 0 aromatic heterocycles. The monoisotopic (exact) mass is 221 g/mol. The molecule has 0 heterocycles. The van der Waals surface area contributed by atoms with E-state index in [0.29, 0.717) is 6.04 Å². The van der Waals surface area contributed by atoms with Crippen LogP contribution in [0.1, 0.15) is 46.0 Å². The summed E-state index contributed by atoms with van der Waals surface area (Å²) in [7, 11) is 2.03. The molecule has 16 heavy (non-hydrogen) atoms. The van der Waals surface area contributed by atoms with Crippen molar-refractivity contribution in [3.05, 3.63) is 36.5 Å². The Morgan fingerprint density at radius 3 is 2.38 bits per heavy atom. The van der Waals surface area contributed by atoms with Crippen molar-refractivity contribution in [1.82, 2.24) is 5.32 Å². The largest absolute Gasteiger partial charge is 0.316 e. The van der Waals surface area contributed by atoms with Crippen LogP contribution in [0.3, 0.4) is 0 Å². The SMILES string of the molecule is CC=CCC(CC=CC=CCCCC)NC. The first-order valence-electron chi connectivity index (χ1n) is 6.45. The molecule has 0 saturated heterocycles. The molecule has 92 valence electrons. The normalized spacial score (nSPS) is 14.4. The standard InChI is InChI=1S/C15H27N/c1-4-6-8-9-10-11-12-14-15(16-3)13-7-5-2/h5,7,9-12,15-16H,4,6,8,13-14H2,1-3H3. The molecule has 1 nitrogen and oxygen atoms in total. The Kier molecular flexibility index (Phi) is 11.6. The Bertz CT molecular complexity index is 213. The molecule has 0 aliphatic rings. The second-order valence-electron chi connectivity index (χ2n) is 4.02. The molecule has 0 aliphatic carbocycles. The highest BCUT2D eigenvalue weighted by Crippen LogP contribution is 2.01. The fraction of sp³-hybridized carbons (Fsp3) is 0.600. The van der Waals surface area contributed by atoms with E-state index in [1.54, 1.807) is 0 Å². The van der Waals surface area contributed by atoms with Gasteiger partial charge in [-0.15, -0.1) is 0 Å². The van der Waals surface area contributed by atoms with Crippen molar-refractivity contribution < 1.29 is 0 Å². The van der Waals surface area contributed by atoms with Crippen LogP contribution in [0, 0.1) is 0 Å². The summed E-state index contributed by atoms with van der Waals surface area (Å²) in [6, 6.07) is 0.566. The van der Waals surface area contributed by atoms with Gasteiger partial charge >= 0.3 is 0 Å². The van der Waals surface area contributed by atoms with E-state index in [4.69, 9.17) is 0 Å². The Morgan fingerprint density at radius 1 is 1.06 bits per heavy atom. The molecule has 0 saturated carbocycles. The number of nitrogens with one attached hydrogen (secondary N) is 1. The molecule has 1 heteroatoms. The zero-order valence-electron chi connectivity index (χ0n) is 11.1. The van der Waals surface area contributed by atoms with Gasteiger partial charge in [-0.1, -0.05) is 56.2 Å². The second kappa shape index (κ2) is 12.3. The third kappa shape index (κ3) is 9.72. The van der Waals surface area contributed by atoms with E-state index in [0.717, 1.165) is 12.8 Å². The van der Waals surface area contributed by atoms with Crippen LogP contribution < -0.4 is 5.32 Å². The smallest absolute Gasteiger partial charge is 0.0133 e. The summed E-state index contributed by atoms with van der Waals surface area (Å²) in [5.41, 5.74) is 0. The number of hydrogen-bond donors (Lipinski definition) is 1. The molecule has 0 radical (unpaired) electrons. The van der Waals surface area contributed by atoms with E-state index >= 15 is 0 Å². The molecule has 0 aliphatic heterocycles. The van der Waals surface area contributed by atoms with Crippen LogP contribution in [0.15, 0.2) is 36.5 Å². The molecule has 0 bridgehead atoms. The average Bonchev–Trinajstić information content (AvgIpc) is 2.32. The average molecular weight is 221 g/mol. The molecule has 0 aromatic rings. The molecule has 0 amide bonds. The van der Waals surface area contributed by atoms with Gasteiger partial charge in [0, 0.05) is 6.04 Å². The van der Waals surface area contributed by atoms with Crippen LogP contribution in [0.25, 0.3) is 0 Å². The summed E-state index contributed by atoms with van der Waals surface area (Å²) >= 11 is 0. The van der Waals surface area contributed by atoms with Crippen molar-refractivity contribution in [2.24, 2.45) is 0 Å². The first-order valence-corrected chi connectivity index (χ1v) is 6.45. The van der Waals surface area contributed by atoms with Crippen LogP contribution >= 0.6 is 0 Å². The summed E-state index contributed by atoms with van der Waals surface area (Å²) in [4.78, 5) is 0. The van der Waals surface area contributed by atoms with Crippen LogP contribution in [0.4, 0.5) is 0 Å². The lowest BCUT2D eigenvalue weighted by molar-refractivity contribution is 0.575. The fourth-order valence-corrected chi connectivity index (χ4v) is 1.45. The molecule has 1 unspecified atom stereocenters. The third-order valence-corrected chi connectivity index (χ3v) is 2.59. The van der Waals surface area contributed by atoms with Crippen LogP contribution in [0.5, 0.6) is 0 Å². The minimum Gasteiger partial charge on any atom is -0.316 e. The molecular weight excluding hydrogens is 194 g/mol. The number of hydrogen-bond acceptors (Lipinski definition) is 1. The minimum atomic E-state index is 0.566. The van der Waals surface area contributed by atoms with Gasteiger partial charge in [0.2, 0.25) is 0 Å². The summed E-state index contributed by atoms with van der Waals surface area (Å²) in [5.74, 6) is 0. The van der Waals surface area contributed by atoms with Crippen molar-refractivity contribution >= 4 is 0 Å². The van der Waals surface area contributed by atoms with Gasteiger partial charge in [0.15, 0.2) is 0 Å². The Balaban J connectivity index is 3.66. The molecule has 1 N–H and O–H groups in total. The molecule has 0 rings (SSSR count). The maximum absolute atomic E-state index is 3.32. The predicted molar refractivity (Wildman–Crippen MR) is 74.7 cm³/mol. The van der Waals surface area contributed by atoms with Crippen molar-refractivity contribution in [3.8, 4) is 0 Å².